The van der Waals surface area contributed by atoms with E-state index in [-0.39, 0.29) is 11.6 Å². The van der Waals surface area contributed by atoms with E-state index in [0.29, 0.717) is 0 Å². The van der Waals surface area contributed by atoms with Crippen LogP contribution in [0.1, 0.15) is 20.8 Å². The summed E-state index contributed by atoms with van der Waals surface area (Å²) in [5.41, 5.74) is 0. The van der Waals surface area contributed by atoms with Crippen molar-refractivity contribution < 1.29 is 13.6 Å². The van der Waals surface area contributed by atoms with Crippen LogP contribution in [-0.2, 0) is 9.16 Å². The van der Waals surface area contributed by atoms with Gasteiger partial charge in [-0.25, -0.2) is 4.39 Å². The van der Waals surface area contributed by atoms with Crippen molar-refractivity contribution in [2.75, 3.05) is 13.7 Å². The summed E-state index contributed by atoms with van der Waals surface area (Å²) in [6.07, 6.45) is -1.04. The molecule has 0 aromatic rings. The first kappa shape index (κ1) is 15.1. The molecule has 0 aliphatic carbocycles. The van der Waals surface area contributed by atoms with E-state index in [4.69, 9.17) is 9.16 Å². The van der Waals surface area contributed by atoms with Gasteiger partial charge in [-0.2, -0.15) is 0 Å². The largest absolute Gasteiger partial charge is 0.414 e. The second kappa shape index (κ2) is 5.46. The molecule has 15 heavy (non-hydrogen) atoms. The second-order valence-corrected chi connectivity index (χ2v) is 10.3. The van der Waals surface area contributed by atoms with E-state index in [1.807, 2.05) is 0 Å². The van der Waals surface area contributed by atoms with Gasteiger partial charge >= 0.3 is 0 Å². The van der Waals surface area contributed by atoms with Crippen LogP contribution in [-0.4, -0.2) is 42.1 Å². The highest BCUT2D eigenvalue weighted by Gasteiger charge is 2.37. The summed E-state index contributed by atoms with van der Waals surface area (Å²) in [5, 5.41) is 0.128. The Kier molecular flexibility index (Phi) is 5.51. The zero-order chi connectivity index (χ0) is 12.3. The van der Waals surface area contributed by atoms with Gasteiger partial charge < -0.3 is 9.16 Å². The summed E-state index contributed by atoms with van der Waals surface area (Å²) >= 11 is 0. The third kappa shape index (κ3) is 4.66. The fourth-order valence-electron chi connectivity index (χ4n) is 0.788. The van der Waals surface area contributed by atoms with E-state index in [1.54, 1.807) is 7.85 Å². The molecule has 0 rings (SSSR count). The predicted molar refractivity (Wildman–Crippen MR) is 67.4 cm³/mol. The van der Waals surface area contributed by atoms with Gasteiger partial charge in [-0.15, -0.1) is 0 Å². The Morgan fingerprint density at radius 1 is 1.33 bits per heavy atom. The van der Waals surface area contributed by atoms with Crippen molar-refractivity contribution in [3.8, 4) is 0 Å². The summed E-state index contributed by atoms with van der Waals surface area (Å²) in [5.74, 6) is 0. The maximum Gasteiger partial charge on any atom is 0.192 e. The molecular weight excluding hydrogens is 210 g/mol. The topological polar surface area (TPSA) is 18.5 Å². The maximum atomic E-state index is 13.5. The number of hydrogen-bond acceptors (Lipinski definition) is 2. The lowest BCUT2D eigenvalue weighted by molar-refractivity contribution is 0.0578. The molecule has 5 heteroatoms. The molecule has 0 radical (unpaired) electrons. The molecule has 0 saturated carbocycles. The van der Waals surface area contributed by atoms with E-state index in [2.05, 4.69) is 33.9 Å². The summed E-state index contributed by atoms with van der Waals surface area (Å²) in [6.45, 7) is 10.8. The first-order valence-corrected chi connectivity index (χ1v) is 8.33. The molecule has 0 amide bonds. The lowest BCUT2D eigenvalue weighted by Crippen LogP contribution is -2.43. The SMILES string of the molecule is B[C@H](OC)C(F)CO[Si](C)(C)C(C)(C)C. The Morgan fingerprint density at radius 2 is 1.80 bits per heavy atom. The van der Waals surface area contributed by atoms with Crippen molar-refractivity contribution >= 4 is 16.2 Å². The van der Waals surface area contributed by atoms with Crippen LogP contribution in [0.3, 0.4) is 0 Å². The van der Waals surface area contributed by atoms with E-state index in [1.165, 1.54) is 7.11 Å². The zero-order valence-corrected chi connectivity index (χ0v) is 12.1. The third-order valence-electron chi connectivity index (χ3n) is 3.29. The molecule has 2 atom stereocenters. The van der Waals surface area contributed by atoms with Gasteiger partial charge in [0.25, 0.3) is 0 Å². The van der Waals surface area contributed by atoms with E-state index < -0.39 is 20.5 Å². The minimum Gasteiger partial charge on any atom is -0.414 e. The number of ether oxygens (including phenoxy) is 1. The first-order chi connectivity index (χ1) is 6.62. The molecule has 0 spiro atoms. The Balaban J connectivity index is 4.16. The predicted octanol–water partition coefficient (Wildman–Crippen LogP) is 1.95. The van der Waals surface area contributed by atoms with Gasteiger partial charge in [0.1, 0.15) is 14.0 Å². The van der Waals surface area contributed by atoms with Gasteiger partial charge in [-0.05, 0) is 18.1 Å². The van der Waals surface area contributed by atoms with Crippen LogP contribution in [0.25, 0.3) is 0 Å². The molecular formula is C10H24BFO2Si. The monoisotopic (exact) mass is 234 g/mol. The number of rotatable bonds is 5. The number of halogens is 1. The summed E-state index contributed by atoms with van der Waals surface area (Å²) in [7, 11) is 1.42. The molecule has 1 unspecified atom stereocenters. The molecule has 0 N–H and O–H groups in total. The normalized spacial score (nSPS) is 17.5. The Labute approximate surface area is 95.1 Å². The summed E-state index contributed by atoms with van der Waals surface area (Å²) < 4.78 is 24.2. The fraction of sp³-hybridized carbons (Fsp3) is 1.00. The molecule has 0 aliphatic heterocycles. The minimum atomic E-state index is -1.82. The average Bonchev–Trinajstić information content (AvgIpc) is 2.11. The second-order valence-electron chi connectivity index (χ2n) is 5.53. The van der Waals surface area contributed by atoms with Crippen molar-refractivity contribution in [3.05, 3.63) is 0 Å². The van der Waals surface area contributed by atoms with Crippen molar-refractivity contribution in [2.24, 2.45) is 0 Å². The molecule has 2 nitrogen and oxygen atoms in total. The van der Waals surface area contributed by atoms with Crippen LogP contribution in [0.5, 0.6) is 0 Å². The van der Waals surface area contributed by atoms with Crippen LogP contribution >= 0.6 is 0 Å². The van der Waals surface area contributed by atoms with Crippen molar-refractivity contribution in [1.82, 2.24) is 0 Å². The smallest absolute Gasteiger partial charge is 0.192 e. The third-order valence-corrected chi connectivity index (χ3v) is 7.79. The summed E-state index contributed by atoms with van der Waals surface area (Å²) in [4.78, 5) is 0. The Bertz CT molecular complexity index is 194. The van der Waals surface area contributed by atoms with E-state index >= 15 is 0 Å². The van der Waals surface area contributed by atoms with Crippen molar-refractivity contribution in [3.63, 3.8) is 0 Å². The van der Waals surface area contributed by atoms with E-state index in [9.17, 15) is 4.39 Å². The highest BCUT2D eigenvalue weighted by atomic mass is 28.4. The van der Waals surface area contributed by atoms with Crippen LogP contribution in [0, 0.1) is 0 Å². The molecule has 0 heterocycles. The number of methoxy groups -OCH3 is 1. The first-order valence-electron chi connectivity index (χ1n) is 5.42. The van der Waals surface area contributed by atoms with Crippen LogP contribution in [0.15, 0.2) is 0 Å². The molecule has 90 valence electrons. The van der Waals surface area contributed by atoms with Gasteiger partial charge in [0, 0.05) is 7.11 Å². The lowest BCUT2D eigenvalue weighted by atomic mass is 9.96. The van der Waals surface area contributed by atoms with Crippen molar-refractivity contribution in [1.29, 1.82) is 0 Å². The van der Waals surface area contributed by atoms with Gasteiger partial charge in [-0.3, -0.25) is 0 Å². The van der Waals surface area contributed by atoms with Gasteiger partial charge in [0.2, 0.25) is 0 Å². The van der Waals surface area contributed by atoms with Gasteiger partial charge in [0.05, 0.1) is 12.6 Å². The quantitative estimate of drug-likeness (QED) is 0.677. The molecule has 0 aromatic heterocycles. The zero-order valence-electron chi connectivity index (χ0n) is 11.1. The van der Waals surface area contributed by atoms with Crippen LogP contribution in [0.2, 0.25) is 18.1 Å². The van der Waals surface area contributed by atoms with Gasteiger partial charge in [-0.1, -0.05) is 20.8 Å². The van der Waals surface area contributed by atoms with Crippen molar-refractivity contribution in [2.45, 2.75) is 51.1 Å². The molecule has 0 aliphatic rings. The van der Waals surface area contributed by atoms with Crippen LogP contribution < -0.4 is 0 Å². The van der Waals surface area contributed by atoms with Crippen LogP contribution in [0.4, 0.5) is 4.39 Å². The highest BCUT2D eigenvalue weighted by molar-refractivity contribution is 6.74. The standard InChI is InChI=1S/C10H24BFO2Si/c1-10(2,3)15(5,6)14-7-8(12)9(11)13-4/h8-9H,7,11H2,1-6H3/t8?,9-/m1/s1. The molecule has 0 saturated heterocycles. The Hall–Kier alpha value is 0.132. The number of hydrogen-bond donors (Lipinski definition) is 0. The molecule has 0 fully saturated rings. The maximum absolute atomic E-state index is 13.5. The average molecular weight is 234 g/mol. The molecule has 0 aromatic carbocycles. The van der Waals surface area contributed by atoms with Gasteiger partial charge in [0.15, 0.2) is 8.32 Å². The fourth-order valence-corrected chi connectivity index (χ4v) is 1.80. The summed E-state index contributed by atoms with van der Waals surface area (Å²) in [6, 6.07) is -0.394. The Morgan fingerprint density at radius 3 is 2.13 bits per heavy atom. The number of alkyl halides is 1. The molecule has 0 bridgehead atoms. The van der Waals surface area contributed by atoms with E-state index in [0.717, 1.165) is 0 Å². The highest BCUT2D eigenvalue weighted by Crippen LogP contribution is 2.36. The minimum absolute atomic E-state index is 0.128. The lowest BCUT2D eigenvalue weighted by Gasteiger charge is -2.36.